The van der Waals surface area contributed by atoms with Crippen LogP contribution in [0.15, 0.2) is 5.57 Å². The molecule has 1 aromatic carbocycles. The van der Waals surface area contributed by atoms with E-state index in [1.54, 1.807) is 24.3 Å². The molecule has 0 unspecified atom stereocenters. The van der Waals surface area contributed by atoms with Crippen molar-refractivity contribution in [3.05, 3.63) is 39.0 Å². The van der Waals surface area contributed by atoms with Gasteiger partial charge in [0, 0.05) is 17.5 Å². The van der Waals surface area contributed by atoms with Gasteiger partial charge >= 0.3 is 5.54 Å². The highest BCUT2D eigenvalue weighted by molar-refractivity contribution is 7.33. The summed E-state index contributed by atoms with van der Waals surface area (Å²) in [5.41, 5.74) is -2.72. The summed E-state index contributed by atoms with van der Waals surface area (Å²) in [5.74, 6) is 1.54. The third kappa shape index (κ3) is 3.51. The van der Waals surface area contributed by atoms with Gasteiger partial charge in [-0.2, -0.15) is 49.2 Å². The maximum absolute atomic E-state index is 12.8. The van der Waals surface area contributed by atoms with Crippen LogP contribution in [0.1, 0.15) is 46.2 Å². The third-order valence-corrected chi connectivity index (χ3v) is 4.73. The van der Waals surface area contributed by atoms with Crippen LogP contribution in [0.2, 0.25) is 6.32 Å². The minimum atomic E-state index is -0.669. The Labute approximate surface area is 176 Å². The van der Waals surface area contributed by atoms with E-state index in [9.17, 15) is 31.1 Å². The molecule has 0 aliphatic heterocycles. The second kappa shape index (κ2) is 8.91. The first-order valence-electron chi connectivity index (χ1n) is 8.02. The zero-order chi connectivity index (χ0) is 21.7. The van der Waals surface area contributed by atoms with Crippen molar-refractivity contribution in [3.8, 4) is 30.3 Å². The molecule has 1 aromatic rings. The molecule has 0 saturated carbocycles. The quantitative estimate of drug-likeness (QED) is 0.571. The minimum Gasteiger partial charge on any atom is -0.294 e. The molecule has 7 nitrogen and oxygen atoms in total. The molecule has 10 heteroatoms. The summed E-state index contributed by atoms with van der Waals surface area (Å²) in [5, 5.41) is 55.3. The fraction of sp³-hybridized carbons (Fsp3) is 0.158. The van der Waals surface area contributed by atoms with E-state index in [-0.39, 0.29) is 56.5 Å². The Bertz CT molecular complexity index is 1240. The van der Waals surface area contributed by atoms with Crippen molar-refractivity contribution in [1.82, 2.24) is 0 Å². The molecular formula is C19H7BCl2N6O. The molecule has 0 aromatic heterocycles. The van der Waals surface area contributed by atoms with Gasteiger partial charge in [-0.3, -0.25) is 10.2 Å². The van der Waals surface area contributed by atoms with Gasteiger partial charge in [0.2, 0.25) is 0 Å². The van der Waals surface area contributed by atoms with Crippen LogP contribution in [0.5, 0.6) is 0 Å². The Kier molecular flexibility index (Phi) is 6.60. The zero-order valence-corrected chi connectivity index (χ0v) is 16.1. The molecule has 1 aliphatic rings. The van der Waals surface area contributed by atoms with Crippen molar-refractivity contribution < 1.29 is 4.79 Å². The molecule has 0 bridgehead atoms. The number of benzene rings is 1. The van der Waals surface area contributed by atoms with E-state index < -0.39 is 11.3 Å². The lowest BCUT2D eigenvalue weighted by Gasteiger charge is -2.10. The summed E-state index contributed by atoms with van der Waals surface area (Å²) in [6.07, 6.45) is 0.587. The number of rotatable bonds is 5. The number of carbonyl (C=O) groups is 1. The highest BCUT2D eigenvalue weighted by Gasteiger charge is 2.38. The molecule has 1 aliphatic carbocycles. The number of ketones is 1. The van der Waals surface area contributed by atoms with Crippen LogP contribution in [0, 0.1) is 62.1 Å². The lowest BCUT2D eigenvalue weighted by atomic mass is 9.86. The van der Waals surface area contributed by atoms with E-state index in [0.29, 0.717) is 12.7 Å². The predicted molar refractivity (Wildman–Crippen MR) is 105 cm³/mol. The van der Waals surface area contributed by atoms with Gasteiger partial charge < -0.3 is 0 Å². The van der Waals surface area contributed by atoms with Crippen LogP contribution >= 0.6 is 22.9 Å². The van der Waals surface area contributed by atoms with Gasteiger partial charge in [0.15, 0.2) is 5.78 Å². The van der Waals surface area contributed by atoms with Gasteiger partial charge in [0.25, 0.3) is 0 Å². The summed E-state index contributed by atoms with van der Waals surface area (Å²) in [6, 6.07) is 8.86. The fourth-order valence-corrected chi connectivity index (χ4v) is 3.44. The summed E-state index contributed by atoms with van der Waals surface area (Å²) in [4.78, 5) is 12.8. The standard InChI is InChI=1S/C19H7BCl2N6O/c21-20(22)3-1-2-16(29)17-14(8-27)18-12(6-25)10(4-23)11(5-24)13(7-26)19(18)15(17)9-28/h27H,1-3H2. The van der Waals surface area contributed by atoms with Gasteiger partial charge in [-0.05, 0) is 12.2 Å². The number of nitrogens with one attached hydrogen (secondary N) is 1. The van der Waals surface area contributed by atoms with E-state index in [2.05, 4.69) is 5.87 Å². The SMILES string of the molecule is N#CC1=C(C(=O)CCCB(Cl)Cl)C(=C=N)c2c(C#N)c(C#N)c(C#N)c(C#N)c21. The minimum absolute atomic E-state index is 0.0460. The molecule has 2 rings (SSSR count). The second-order valence-electron chi connectivity index (χ2n) is 5.77. The van der Waals surface area contributed by atoms with Gasteiger partial charge in [-0.1, -0.05) is 6.42 Å². The Hall–Kier alpha value is -3.83. The molecule has 0 fully saturated rings. The van der Waals surface area contributed by atoms with Crippen molar-refractivity contribution >= 4 is 51.3 Å². The molecular weight excluding hydrogens is 410 g/mol. The number of nitriles is 5. The van der Waals surface area contributed by atoms with Crippen LogP contribution in [-0.2, 0) is 4.79 Å². The molecule has 0 heterocycles. The third-order valence-electron chi connectivity index (χ3n) is 4.29. The molecule has 0 spiro atoms. The van der Waals surface area contributed by atoms with Gasteiger partial charge in [0.05, 0.1) is 39.0 Å². The molecule has 136 valence electrons. The first-order valence-corrected chi connectivity index (χ1v) is 8.89. The summed E-state index contributed by atoms with van der Waals surface area (Å²) >= 11 is 11.3. The normalized spacial score (nSPS) is 11.3. The largest absolute Gasteiger partial charge is 0.351 e. The number of nitrogens with zero attached hydrogens (tertiary/aromatic N) is 5. The predicted octanol–water partition coefficient (Wildman–Crippen LogP) is 3.41. The summed E-state index contributed by atoms with van der Waals surface area (Å²) < 4.78 is 0. The lowest BCUT2D eigenvalue weighted by molar-refractivity contribution is -0.115. The Balaban J connectivity index is 2.89. The van der Waals surface area contributed by atoms with Crippen molar-refractivity contribution in [1.29, 1.82) is 31.7 Å². The zero-order valence-electron chi connectivity index (χ0n) is 14.6. The monoisotopic (exact) mass is 416 g/mol. The maximum Gasteiger partial charge on any atom is 0.351 e. The first-order chi connectivity index (χ1) is 13.9. The van der Waals surface area contributed by atoms with E-state index in [0.717, 1.165) is 0 Å². The van der Waals surface area contributed by atoms with Crippen LogP contribution in [0.4, 0.5) is 0 Å². The summed E-state index contributed by atoms with van der Waals surface area (Å²) in [7, 11) is 0. The number of halogens is 2. The van der Waals surface area contributed by atoms with Crippen molar-refractivity contribution in [3.63, 3.8) is 0 Å². The van der Waals surface area contributed by atoms with E-state index in [1.165, 1.54) is 0 Å². The van der Waals surface area contributed by atoms with Crippen LogP contribution in [0.3, 0.4) is 0 Å². The fourth-order valence-electron chi connectivity index (χ4n) is 3.13. The van der Waals surface area contributed by atoms with E-state index >= 15 is 0 Å². The highest BCUT2D eigenvalue weighted by Crippen LogP contribution is 2.46. The van der Waals surface area contributed by atoms with Crippen molar-refractivity contribution in [2.75, 3.05) is 0 Å². The molecule has 0 amide bonds. The maximum atomic E-state index is 12.8. The first kappa shape index (κ1) is 21.5. The number of Topliss-reactive ketones (excluding diaryl/α,β-unsaturated/α-hetero) is 1. The topological polar surface area (TPSA) is 160 Å². The number of fused-ring (bicyclic) bond motifs is 1. The second-order valence-corrected chi connectivity index (χ2v) is 7.04. The van der Waals surface area contributed by atoms with Crippen molar-refractivity contribution in [2.24, 2.45) is 0 Å². The van der Waals surface area contributed by atoms with Crippen LogP contribution < -0.4 is 0 Å². The average molecular weight is 417 g/mol. The molecule has 0 atom stereocenters. The number of hydrogen-bond acceptors (Lipinski definition) is 7. The van der Waals surface area contributed by atoms with Crippen LogP contribution in [0.25, 0.3) is 11.1 Å². The van der Waals surface area contributed by atoms with Gasteiger partial charge in [-0.15, -0.1) is 0 Å². The van der Waals surface area contributed by atoms with Gasteiger partial charge in [-0.25, -0.2) is 0 Å². The van der Waals surface area contributed by atoms with E-state index in [1.807, 2.05) is 6.07 Å². The Morgan fingerprint density at radius 3 is 1.79 bits per heavy atom. The van der Waals surface area contributed by atoms with Crippen LogP contribution in [-0.4, -0.2) is 17.2 Å². The number of carbonyl (C=O) groups excluding carboxylic acids is 1. The Morgan fingerprint density at radius 1 is 0.862 bits per heavy atom. The average Bonchev–Trinajstić information content (AvgIpc) is 3.05. The number of allylic oxidation sites excluding steroid dienone is 3. The van der Waals surface area contributed by atoms with E-state index in [4.69, 9.17) is 28.3 Å². The van der Waals surface area contributed by atoms with Gasteiger partial charge in [0.1, 0.15) is 30.3 Å². The Morgan fingerprint density at radius 2 is 1.38 bits per heavy atom. The lowest BCUT2D eigenvalue weighted by Crippen LogP contribution is -2.06. The smallest absolute Gasteiger partial charge is 0.294 e. The molecule has 0 radical (unpaired) electrons. The molecule has 29 heavy (non-hydrogen) atoms. The van der Waals surface area contributed by atoms with Crippen molar-refractivity contribution in [2.45, 2.75) is 19.2 Å². The number of hydrogen-bond donors (Lipinski definition) is 1. The summed E-state index contributed by atoms with van der Waals surface area (Å²) in [6.45, 7) is 0. The molecule has 0 saturated heterocycles. The molecule has 1 N–H and O–H groups in total. The highest BCUT2D eigenvalue weighted by atomic mass is 35.5.